The van der Waals surface area contributed by atoms with Crippen molar-refractivity contribution in [2.45, 2.75) is 11.3 Å². The molecular weight excluding hydrogens is 376 g/mol. The van der Waals surface area contributed by atoms with Gasteiger partial charge in [-0.2, -0.15) is 0 Å². The quantitative estimate of drug-likeness (QED) is 0.472. The number of ketones is 1. The highest BCUT2D eigenvalue weighted by atomic mass is 32.2. The van der Waals surface area contributed by atoms with Crippen LogP contribution in [0.3, 0.4) is 0 Å². The predicted octanol–water partition coefficient (Wildman–Crippen LogP) is 3.70. The van der Waals surface area contributed by atoms with Gasteiger partial charge in [0.15, 0.2) is 5.78 Å². The van der Waals surface area contributed by atoms with Gasteiger partial charge in [0.25, 0.3) is 10.0 Å². The lowest BCUT2D eigenvalue weighted by atomic mass is 10.1. The standard InChI is InChI=1S/C21H18N2O4S/c24-20(16-7-3-1-4-8-16)15-21(25)22-17-11-13-18(14-12-17)23-28(26,27)19-9-5-2-6-10-19/h1-14,23H,15H2,(H,22,25). The van der Waals surface area contributed by atoms with Crippen LogP contribution in [0.2, 0.25) is 0 Å². The van der Waals surface area contributed by atoms with Crippen LogP contribution in [0, 0.1) is 0 Å². The first-order valence-corrected chi connectivity index (χ1v) is 9.98. The molecule has 1 amide bonds. The molecule has 0 heterocycles. The van der Waals surface area contributed by atoms with E-state index in [0.717, 1.165) is 0 Å². The zero-order valence-electron chi connectivity index (χ0n) is 14.8. The lowest BCUT2D eigenvalue weighted by molar-refractivity contribution is -0.115. The number of Topliss-reactive ketones (excluding diaryl/α,β-unsaturated/α-hetero) is 1. The van der Waals surface area contributed by atoms with E-state index in [1.807, 2.05) is 0 Å². The van der Waals surface area contributed by atoms with Gasteiger partial charge < -0.3 is 5.32 Å². The van der Waals surface area contributed by atoms with Crippen LogP contribution in [0.1, 0.15) is 16.8 Å². The van der Waals surface area contributed by atoms with Crippen molar-refractivity contribution >= 4 is 33.1 Å². The van der Waals surface area contributed by atoms with Crippen LogP contribution in [-0.4, -0.2) is 20.1 Å². The second-order valence-electron chi connectivity index (χ2n) is 6.01. The summed E-state index contributed by atoms with van der Waals surface area (Å²) in [6.07, 6.45) is -0.271. The summed E-state index contributed by atoms with van der Waals surface area (Å²) in [5.41, 5.74) is 1.30. The van der Waals surface area contributed by atoms with Crippen molar-refractivity contribution < 1.29 is 18.0 Å². The Morgan fingerprint density at radius 3 is 1.86 bits per heavy atom. The molecule has 0 saturated heterocycles. The number of carbonyl (C=O) groups is 2. The zero-order chi connectivity index (χ0) is 20.0. The van der Waals surface area contributed by atoms with Gasteiger partial charge in [0.1, 0.15) is 0 Å². The Bertz CT molecular complexity index is 1060. The lowest BCUT2D eigenvalue weighted by Crippen LogP contribution is -2.16. The van der Waals surface area contributed by atoms with E-state index in [0.29, 0.717) is 16.9 Å². The number of amides is 1. The van der Waals surface area contributed by atoms with Gasteiger partial charge in [-0.05, 0) is 36.4 Å². The number of rotatable bonds is 7. The Morgan fingerprint density at radius 1 is 0.714 bits per heavy atom. The van der Waals surface area contributed by atoms with Gasteiger partial charge in [-0.3, -0.25) is 14.3 Å². The van der Waals surface area contributed by atoms with E-state index < -0.39 is 15.9 Å². The number of hydrogen-bond donors (Lipinski definition) is 2. The summed E-state index contributed by atoms with van der Waals surface area (Å²) in [5, 5.41) is 2.63. The average molecular weight is 394 g/mol. The highest BCUT2D eigenvalue weighted by Gasteiger charge is 2.14. The van der Waals surface area contributed by atoms with E-state index in [-0.39, 0.29) is 17.1 Å². The van der Waals surface area contributed by atoms with Crippen LogP contribution in [-0.2, 0) is 14.8 Å². The minimum Gasteiger partial charge on any atom is -0.326 e. The smallest absolute Gasteiger partial charge is 0.261 e. The van der Waals surface area contributed by atoms with E-state index in [1.165, 1.54) is 24.3 Å². The van der Waals surface area contributed by atoms with Crippen molar-refractivity contribution in [3.8, 4) is 0 Å². The fraction of sp³-hybridized carbons (Fsp3) is 0.0476. The Morgan fingerprint density at radius 2 is 1.25 bits per heavy atom. The van der Waals surface area contributed by atoms with Crippen molar-refractivity contribution in [2.24, 2.45) is 0 Å². The van der Waals surface area contributed by atoms with Crippen LogP contribution in [0.5, 0.6) is 0 Å². The second-order valence-corrected chi connectivity index (χ2v) is 7.69. The molecule has 0 atom stereocenters. The summed E-state index contributed by atoms with van der Waals surface area (Å²) in [6.45, 7) is 0. The first-order valence-electron chi connectivity index (χ1n) is 8.50. The number of anilines is 2. The van der Waals surface area contributed by atoms with Gasteiger partial charge in [-0.1, -0.05) is 48.5 Å². The first-order chi connectivity index (χ1) is 13.4. The Kier molecular flexibility index (Phi) is 5.86. The van der Waals surface area contributed by atoms with E-state index in [4.69, 9.17) is 0 Å². The second kappa shape index (κ2) is 8.49. The number of carbonyl (C=O) groups excluding carboxylic acids is 2. The third-order valence-corrected chi connectivity index (χ3v) is 5.29. The third-order valence-electron chi connectivity index (χ3n) is 3.89. The molecule has 3 aromatic rings. The third kappa shape index (κ3) is 5.05. The molecule has 142 valence electrons. The van der Waals surface area contributed by atoms with E-state index in [9.17, 15) is 18.0 Å². The molecule has 7 heteroatoms. The topological polar surface area (TPSA) is 92.3 Å². The minimum absolute atomic E-state index is 0.159. The van der Waals surface area contributed by atoms with Gasteiger partial charge in [0.05, 0.1) is 11.3 Å². The van der Waals surface area contributed by atoms with Crippen LogP contribution in [0.4, 0.5) is 11.4 Å². The molecule has 3 rings (SSSR count). The van der Waals surface area contributed by atoms with Crippen LogP contribution >= 0.6 is 0 Å². The molecule has 6 nitrogen and oxygen atoms in total. The number of nitrogens with one attached hydrogen (secondary N) is 2. The summed E-state index contributed by atoms with van der Waals surface area (Å²) < 4.78 is 27.1. The molecule has 0 fully saturated rings. The predicted molar refractivity (Wildman–Crippen MR) is 108 cm³/mol. The molecule has 0 aliphatic rings. The normalized spacial score (nSPS) is 10.9. The maximum atomic E-state index is 12.3. The van der Waals surface area contributed by atoms with E-state index >= 15 is 0 Å². The molecule has 0 radical (unpaired) electrons. The molecule has 0 spiro atoms. The summed E-state index contributed by atoms with van der Waals surface area (Å²) in [5.74, 6) is -0.711. The van der Waals surface area contributed by atoms with Crippen molar-refractivity contribution in [2.75, 3.05) is 10.0 Å². The Balaban J connectivity index is 1.60. The number of benzene rings is 3. The average Bonchev–Trinajstić information content (AvgIpc) is 2.70. The molecular formula is C21H18N2O4S. The van der Waals surface area contributed by atoms with Crippen LogP contribution in [0.25, 0.3) is 0 Å². The number of sulfonamides is 1. The molecule has 0 saturated carbocycles. The van der Waals surface area contributed by atoms with E-state index in [2.05, 4.69) is 10.0 Å². The Labute approximate surface area is 163 Å². The van der Waals surface area contributed by atoms with Crippen LogP contribution in [0.15, 0.2) is 89.8 Å². The molecule has 2 N–H and O–H groups in total. The Hall–Kier alpha value is -3.45. The van der Waals surface area contributed by atoms with Crippen LogP contribution < -0.4 is 10.0 Å². The van der Waals surface area contributed by atoms with Crippen molar-refractivity contribution in [3.05, 3.63) is 90.5 Å². The van der Waals surface area contributed by atoms with Gasteiger partial charge in [-0.25, -0.2) is 8.42 Å². The monoisotopic (exact) mass is 394 g/mol. The van der Waals surface area contributed by atoms with Gasteiger partial charge in [-0.15, -0.1) is 0 Å². The highest BCUT2D eigenvalue weighted by molar-refractivity contribution is 7.92. The molecule has 28 heavy (non-hydrogen) atoms. The zero-order valence-corrected chi connectivity index (χ0v) is 15.6. The van der Waals surface area contributed by atoms with Crippen molar-refractivity contribution in [1.82, 2.24) is 0 Å². The SMILES string of the molecule is O=C(CC(=O)c1ccccc1)Nc1ccc(NS(=O)(=O)c2ccccc2)cc1. The summed E-state index contributed by atoms with van der Waals surface area (Å²) >= 11 is 0. The van der Waals surface area contributed by atoms with Crippen molar-refractivity contribution in [3.63, 3.8) is 0 Å². The summed E-state index contributed by atoms with van der Waals surface area (Å²) in [6, 6.07) is 22.8. The maximum absolute atomic E-state index is 12.3. The molecule has 0 unspecified atom stereocenters. The molecule has 0 aliphatic heterocycles. The fourth-order valence-corrected chi connectivity index (χ4v) is 3.59. The fourth-order valence-electron chi connectivity index (χ4n) is 2.51. The maximum Gasteiger partial charge on any atom is 0.261 e. The van der Waals surface area contributed by atoms with Gasteiger partial charge in [0, 0.05) is 16.9 Å². The molecule has 0 bridgehead atoms. The molecule has 0 aromatic heterocycles. The van der Waals surface area contributed by atoms with E-state index in [1.54, 1.807) is 60.7 Å². The lowest BCUT2D eigenvalue weighted by Gasteiger charge is -2.09. The van der Waals surface area contributed by atoms with Gasteiger partial charge in [0.2, 0.25) is 5.91 Å². The van der Waals surface area contributed by atoms with Gasteiger partial charge >= 0.3 is 0 Å². The molecule has 0 aliphatic carbocycles. The summed E-state index contributed by atoms with van der Waals surface area (Å²) in [7, 11) is -3.68. The van der Waals surface area contributed by atoms with Crippen molar-refractivity contribution in [1.29, 1.82) is 0 Å². The highest BCUT2D eigenvalue weighted by Crippen LogP contribution is 2.18. The summed E-state index contributed by atoms with van der Waals surface area (Å²) in [4.78, 5) is 24.3. The minimum atomic E-state index is -3.68. The largest absolute Gasteiger partial charge is 0.326 e. The number of hydrogen-bond acceptors (Lipinski definition) is 4. The molecule has 3 aromatic carbocycles. The first kappa shape index (κ1) is 19.3.